The van der Waals surface area contributed by atoms with E-state index in [1.54, 1.807) is 24.3 Å². The zero-order chi connectivity index (χ0) is 16.1. The average molecular weight is 379 g/mol. The highest BCUT2D eigenvalue weighted by Crippen LogP contribution is 2.27. The summed E-state index contributed by atoms with van der Waals surface area (Å²) < 4.78 is 0.882. The number of thioether (sulfide) groups is 1. The Hall–Kier alpha value is -1.59. The maximum Gasteiger partial charge on any atom is 0.317 e. The van der Waals surface area contributed by atoms with Crippen molar-refractivity contribution in [2.24, 2.45) is 0 Å². The lowest BCUT2D eigenvalue weighted by atomic mass is 10.1. The summed E-state index contributed by atoms with van der Waals surface area (Å²) >= 11 is 4.51. The van der Waals surface area contributed by atoms with Gasteiger partial charge in [0.1, 0.15) is 5.25 Å². The molecule has 0 aromatic heterocycles. The average Bonchev–Trinajstić information content (AvgIpc) is 2.49. The van der Waals surface area contributed by atoms with Crippen molar-refractivity contribution in [2.45, 2.75) is 23.5 Å². The van der Waals surface area contributed by atoms with E-state index in [2.05, 4.69) is 15.9 Å². The van der Waals surface area contributed by atoms with Crippen LogP contribution in [0.4, 0.5) is 0 Å². The molecule has 0 aliphatic rings. The number of benzene rings is 2. The van der Waals surface area contributed by atoms with Gasteiger partial charge in [0.2, 0.25) is 0 Å². The molecule has 2 aromatic rings. The van der Waals surface area contributed by atoms with E-state index in [4.69, 9.17) is 0 Å². The highest BCUT2D eigenvalue weighted by atomic mass is 79.9. The van der Waals surface area contributed by atoms with E-state index >= 15 is 0 Å². The number of carboxylic acid groups (broad SMARTS) is 1. The smallest absolute Gasteiger partial charge is 0.317 e. The van der Waals surface area contributed by atoms with Crippen molar-refractivity contribution in [1.82, 2.24) is 0 Å². The molecule has 0 amide bonds. The Morgan fingerprint density at radius 1 is 1.09 bits per heavy atom. The molecule has 0 aliphatic carbocycles. The second-order valence-electron chi connectivity index (χ2n) is 4.89. The zero-order valence-electron chi connectivity index (χ0n) is 12.0. The normalized spacial score (nSPS) is 11.9. The summed E-state index contributed by atoms with van der Waals surface area (Å²) in [5.41, 5.74) is 1.64. The number of aliphatic carboxylic acids is 1. The first-order valence-electron chi connectivity index (χ1n) is 6.70. The number of carbonyl (C=O) groups is 2. The Morgan fingerprint density at radius 3 is 2.23 bits per heavy atom. The van der Waals surface area contributed by atoms with Crippen molar-refractivity contribution in [1.29, 1.82) is 0 Å². The van der Waals surface area contributed by atoms with Gasteiger partial charge in [0.25, 0.3) is 0 Å². The van der Waals surface area contributed by atoms with Gasteiger partial charge in [0.15, 0.2) is 5.78 Å². The van der Waals surface area contributed by atoms with E-state index in [0.717, 1.165) is 14.9 Å². The molecule has 114 valence electrons. The monoisotopic (exact) mass is 378 g/mol. The summed E-state index contributed by atoms with van der Waals surface area (Å²) in [4.78, 5) is 24.5. The minimum atomic E-state index is -0.976. The molecule has 0 spiro atoms. The van der Waals surface area contributed by atoms with Gasteiger partial charge in [-0.25, -0.2) is 0 Å². The third-order valence-electron chi connectivity index (χ3n) is 3.11. The number of carboxylic acids is 1. The van der Waals surface area contributed by atoms with E-state index in [1.165, 1.54) is 11.8 Å². The number of ketones is 1. The molecule has 0 heterocycles. The standard InChI is InChI=1S/C17H15BrO3S/c1-11-2-8-14(9-3-11)22-16(17(20)21)10-15(19)12-4-6-13(18)7-5-12/h2-9,16H,10H2,1H3,(H,20,21). The molecule has 0 fully saturated rings. The van der Waals surface area contributed by atoms with Crippen LogP contribution in [0.5, 0.6) is 0 Å². The van der Waals surface area contributed by atoms with Crippen LogP contribution in [0.1, 0.15) is 22.3 Å². The van der Waals surface area contributed by atoms with E-state index < -0.39 is 11.2 Å². The van der Waals surface area contributed by atoms with Gasteiger partial charge in [-0.1, -0.05) is 45.8 Å². The van der Waals surface area contributed by atoms with E-state index in [9.17, 15) is 14.7 Å². The van der Waals surface area contributed by atoms with Gasteiger partial charge in [-0.05, 0) is 31.2 Å². The van der Waals surface area contributed by atoms with Crippen molar-refractivity contribution in [3.05, 3.63) is 64.1 Å². The Balaban J connectivity index is 2.08. The number of rotatable bonds is 6. The van der Waals surface area contributed by atoms with Crippen LogP contribution in [0, 0.1) is 6.92 Å². The molecule has 0 radical (unpaired) electrons. The Labute approximate surface area is 141 Å². The number of hydrogen-bond acceptors (Lipinski definition) is 3. The molecular formula is C17H15BrO3S. The van der Waals surface area contributed by atoms with Gasteiger partial charge in [0.05, 0.1) is 0 Å². The molecule has 2 rings (SSSR count). The predicted molar refractivity (Wildman–Crippen MR) is 91.5 cm³/mol. The third kappa shape index (κ3) is 4.71. The molecule has 0 saturated carbocycles. The first-order chi connectivity index (χ1) is 10.5. The number of halogens is 1. The van der Waals surface area contributed by atoms with Crippen molar-refractivity contribution >= 4 is 39.4 Å². The van der Waals surface area contributed by atoms with E-state index in [0.29, 0.717) is 5.56 Å². The second-order valence-corrected chi connectivity index (χ2v) is 7.08. The molecule has 0 aliphatic heterocycles. The van der Waals surface area contributed by atoms with Crippen LogP contribution in [0.25, 0.3) is 0 Å². The van der Waals surface area contributed by atoms with Gasteiger partial charge < -0.3 is 5.11 Å². The fourth-order valence-electron chi connectivity index (χ4n) is 1.88. The number of Topliss-reactive ketones (excluding diaryl/α,β-unsaturated/α-hetero) is 1. The molecule has 2 aromatic carbocycles. The second kappa shape index (κ2) is 7.61. The largest absolute Gasteiger partial charge is 0.480 e. The summed E-state index contributed by atoms with van der Waals surface area (Å²) in [5, 5.41) is 8.56. The fourth-order valence-corrected chi connectivity index (χ4v) is 3.10. The number of carbonyl (C=O) groups excluding carboxylic acids is 1. The van der Waals surface area contributed by atoms with Gasteiger partial charge in [-0.3, -0.25) is 9.59 Å². The minimum Gasteiger partial charge on any atom is -0.480 e. The number of aryl methyl sites for hydroxylation is 1. The lowest BCUT2D eigenvalue weighted by Gasteiger charge is -2.11. The van der Waals surface area contributed by atoms with Crippen LogP contribution in [0.2, 0.25) is 0 Å². The Bertz CT molecular complexity index is 665. The third-order valence-corrected chi connectivity index (χ3v) is 4.84. The first kappa shape index (κ1) is 16.8. The van der Waals surface area contributed by atoms with Gasteiger partial charge in [0, 0.05) is 21.4 Å². The minimum absolute atomic E-state index is 0.0322. The Kier molecular flexibility index (Phi) is 5.80. The zero-order valence-corrected chi connectivity index (χ0v) is 14.4. The summed E-state index contributed by atoms with van der Waals surface area (Å²) in [5.74, 6) is -1.14. The van der Waals surface area contributed by atoms with Crippen molar-refractivity contribution in [3.8, 4) is 0 Å². The maximum absolute atomic E-state index is 12.2. The number of hydrogen-bond donors (Lipinski definition) is 1. The molecule has 1 atom stereocenters. The summed E-state index contributed by atoms with van der Waals surface area (Å²) in [6, 6.07) is 14.5. The predicted octanol–water partition coefficient (Wildman–Crippen LogP) is 4.58. The molecule has 22 heavy (non-hydrogen) atoms. The molecule has 1 N–H and O–H groups in total. The van der Waals surface area contributed by atoms with E-state index in [-0.39, 0.29) is 12.2 Å². The summed E-state index contributed by atoms with van der Waals surface area (Å²) in [6.07, 6.45) is -0.0322. The van der Waals surface area contributed by atoms with Crippen LogP contribution < -0.4 is 0 Å². The highest BCUT2D eigenvalue weighted by Gasteiger charge is 2.23. The van der Waals surface area contributed by atoms with Gasteiger partial charge in [-0.2, -0.15) is 0 Å². The van der Waals surface area contributed by atoms with Crippen molar-refractivity contribution < 1.29 is 14.7 Å². The van der Waals surface area contributed by atoms with Crippen LogP contribution >= 0.6 is 27.7 Å². The lowest BCUT2D eigenvalue weighted by molar-refractivity contribution is -0.136. The molecule has 1 unspecified atom stereocenters. The molecular weight excluding hydrogens is 364 g/mol. The molecule has 0 bridgehead atoms. The van der Waals surface area contributed by atoms with Crippen LogP contribution in [0.15, 0.2) is 57.9 Å². The molecule has 3 nitrogen and oxygen atoms in total. The summed E-state index contributed by atoms with van der Waals surface area (Å²) in [6.45, 7) is 1.97. The quantitative estimate of drug-likeness (QED) is 0.590. The molecule has 5 heteroatoms. The van der Waals surface area contributed by atoms with Crippen molar-refractivity contribution in [2.75, 3.05) is 0 Å². The first-order valence-corrected chi connectivity index (χ1v) is 8.38. The van der Waals surface area contributed by atoms with Gasteiger partial charge in [-0.15, -0.1) is 11.8 Å². The maximum atomic E-state index is 12.2. The van der Waals surface area contributed by atoms with Crippen LogP contribution in [-0.2, 0) is 4.79 Å². The topological polar surface area (TPSA) is 54.4 Å². The van der Waals surface area contributed by atoms with Crippen LogP contribution in [-0.4, -0.2) is 22.1 Å². The van der Waals surface area contributed by atoms with Gasteiger partial charge >= 0.3 is 5.97 Å². The van der Waals surface area contributed by atoms with Crippen molar-refractivity contribution in [3.63, 3.8) is 0 Å². The molecule has 0 saturated heterocycles. The summed E-state index contributed by atoms with van der Waals surface area (Å²) in [7, 11) is 0. The highest BCUT2D eigenvalue weighted by molar-refractivity contribution is 9.10. The Morgan fingerprint density at radius 2 is 1.68 bits per heavy atom. The van der Waals surface area contributed by atoms with Crippen LogP contribution in [0.3, 0.4) is 0 Å². The van der Waals surface area contributed by atoms with E-state index in [1.807, 2.05) is 31.2 Å². The lowest BCUT2D eigenvalue weighted by Crippen LogP contribution is -2.20. The SMILES string of the molecule is Cc1ccc(SC(CC(=O)c2ccc(Br)cc2)C(=O)O)cc1. The fraction of sp³-hybridized carbons (Fsp3) is 0.176.